The van der Waals surface area contributed by atoms with Gasteiger partial charge in [-0.05, 0) is 36.1 Å². The van der Waals surface area contributed by atoms with E-state index in [9.17, 15) is 18.0 Å². The summed E-state index contributed by atoms with van der Waals surface area (Å²) < 4.78 is 42.8. The van der Waals surface area contributed by atoms with Crippen LogP contribution in [0, 0.1) is 0 Å². The molecule has 2 rings (SSSR count). The third-order valence-corrected chi connectivity index (χ3v) is 3.79. The van der Waals surface area contributed by atoms with E-state index < -0.39 is 12.1 Å². The second-order valence-corrected chi connectivity index (χ2v) is 5.63. The summed E-state index contributed by atoms with van der Waals surface area (Å²) in [5, 5.41) is 0.912. The SMILES string of the molecule is O=C(N1Cc2ccc(OCCCCBr)cc2C1)C(F)(F)F. The molecule has 0 bridgehead atoms. The predicted molar refractivity (Wildman–Crippen MR) is 75.3 cm³/mol. The molecule has 3 nitrogen and oxygen atoms in total. The summed E-state index contributed by atoms with van der Waals surface area (Å²) in [5.41, 5.74) is 1.45. The molecule has 0 fully saturated rings. The average Bonchev–Trinajstić information content (AvgIpc) is 2.84. The summed E-state index contributed by atoms with van der Waals surface area (Å²) in [5.74, 6) is -1.16. The standard InChI is InChI=1S/C14H15BrF3NO2/c15-5-1-2-6-21-12-4-3-10-8-19(9-11(10)7-12)13(20)14(16,17)18/h3-4,7H,1-2,5-6,8-9H2. The van der Waals surface area contributed by atoms with Gasteiger partial charge in [-0.15, -0.1) is 0 Å². The zero-order chi connectivity index (χ0) is 15.5. The number of hydrogen-bond acceptors (Lipinski definition) is 2. The Labute approximate surface area is 129 Å². The van der Waals surface area contributed by atoms with Crippen LogP contribution in [0.5, 0.6) is 5.75 Å². The summed E-state index contributed by atoms with van der Waals surface area (Å²) in [6, 6.07) is 5.17. The van der Waals surface area contributed by atoms with Crippen LogP contribution in [0.2, 0.25) is 0 Å². The number of nitrogens with zero attached hydrogens (tertiary/aromatic N) is 1. The number of fused-ring (bicyclic) bond motifs is 1. The molecule has 0 aromatic heterocycles. The van der Waals surface area contributed by atoms with E-state index in [4.69, 9.17) is 4.74 Å². The molecule has 0 N–H and O–H groups in total. The minimum atomic E-state index is -4.82. The van der Waals surface area contributed by atoms with Crippen LogP contribution in [0.4, 0.5) is 13.2 Å². The van der Waals surface area contributed by atoms with E-state index in [-0.39, 0.29) is 13.1 Å². The van der Waals surface area contributed by atoms with Crippen molar-refractivity contribution in [2.45, 2.75) is 32.1 Å². The van der Waals surface area contributed by atoms with Crippen LogP contribution in [0.1, 0.15) is 24.0 Å². The fourth-order valence-electron chi connectivity index (χ4n) is 2.17. The van der Waals surface area contributed by atoms with Crippen molar-refractivity contribution in [3.05, 3.63) is 29.3 Å². The van der Waals surface area contributed by atoms with E-state index >= 15 is 0 Å². The summed E-state index contributed by atoms with van der Waals surface area (Å²) in [7, 11) is 0. The van der Waals surface area contributed by atoms with Crippen molar-refractivity contribution < 1.29 is 22.7 Å². The average molecular weight is 366 g/mol. The number of carbonyl (C=O) groups excluding carboxylic acids is 1. The maximum atomic E-state index is 12.4. The highest BCUT2D eigenvalue weighted by Gasteiger charge is 2.43. The summed E-state index contributed by atoms with van der Waals surface area (Å²) in [6.07, 6.45) is -2.92. The molecule has 0 atom stereocenters. The predicted octanol–water partition coefficient (Wildman–Crippen LogP) is 3.65. The van der Waals surface area contributed by atoms with Gasteiger partial charge in [-0.3, -0.25) is 4.79 Å². The van der Waals surface area contributed by atoms with Crippen LogP contribution in [0.3, 0.4) is 0 Å². The molecular weight excluding hydrogens is 351 g/mol. The summed E-state index contributed by atoms with van der Waals surface area (Å²) in [6.45, 7) is 0.541. The number of carbonyl (C=O) groups is 1. The first-order valence-electron chi connectivity index (χ1n) is 6.58. The van der Waals surface area contributed by atoms with Gasteiger partial charge in [-0.1, -0.05) is 22.0 Å². The lowest BCUT2D eigenvalue weighted by atomic mass is 10.1. The Bertz CT molecular complexity index is 519. The number of ether oxygens (including phenoxy) is 1. The third kappa shape index (κ3) is 4.12. The van der Waals surface area contributed by atoms with Crippen molar-refractivity contribution >= 4 is 21.8 Å². The Morgan fingerprint density at radius 1 is 1.24 bits per heavy atom. The van der Waals surface area contributed by atoms with Crippen LogP contribution in [-0.4, -0.2) is 28.9 Å². The van der Waals surface area contributed by atoms with Gasteiger partial charge in [0.15, 0.2) is 0 Å². The van der Waals surface area contributed by atoms with Gasteiger partial charge >= 0.3 is 12.1 Å². The molecule has 1 aromatic carbocycles. The van der Waals surface area contributed by atoms with Crippen molar-refractivity contribution in [3.8, 4) is 5.75 Å². The second-order valence-electron chi connectivity index (χ2n) is 4.83. The molecule has 1 aromatic rings. The minimum Gasteiger partial charge on any atom is -0.494 e. The molecule has 0 saturated carbocycles. The number of unbranched alkanes of at least 4 members (excludes halogenated alkanes) is 1. The molecule has 1 heterocycles. The molecule has 0 radical (unpaired) electrons. The molecule has 1 aliphatic heterocycles. The highest BCUT2D eigenvalue weighted by atomic mass is 79.9. The van der Waals surface area contributed by atoms with Gasteiger partial charge in [0, 0.05) is 18.4 Å². The minimum absolute atomic E-state index is 0.00244. The van der Waals surface area contributed by atoms with Crippen LogP contribution in [-0.2, 0) is 17.9 Å². The van der Waals surface area contributed by atoms with Gasteiger partial charge in [-0.2, -0.15) is 13.2 Å². The van der Waals surface area contributed by atoms with Crippen LogP contribution in [0.15, 0.2) is 18.2 Å². The highest BCUT2D eigenvalue weighted by molar-refractivity contribution is 9.09. The smallest absolute Gasteiger partial charge is 0.471 e. The maximum Gasteiger partial charge on any atom is 0.471 e. The Morgan fingerprint density at radius 3 is 2.62 bits per heavy atom. The molecule has 21 heavy (non-hydrogen) atoms. The van der Waals surface area contributed by atoms with Crippen molar-refractivity contribution in [1.29, 1.82) is 0 Å². The Balaban J connectivity index is 1.97. The molecular formula is C14H15BrF3NO2. The fourth-order valence-corrected chi connectivity index (χ4v) is 2.57. The topological polar surface area (TPSA) is 29.5 Å². The van der Waals surface area contributed by atoms with Gasteiger partial charge in [0.25, 0.3) is 0 Å². The molecule has 0 aliphatic carbocycles. The second kappa shape index (κ2) is 6.68. The van der Waals surface area contributed by atoms with Gasteiger partial charge in [0.2, 0.25) is 0 Å². The van der Waals surface area contributed by atoms with E-state index in [2.05, 4.69) is 15.9 Å². The first-order chi connectivity index (χ1) is 9.91. The van der Waals surface area contributed by atoms with Gasteiger partial charge in [0.1, 0.15) is 5.75 Å². The van der Waals surface area contributed by atoms with Crippen molar-refractivity contribution in [3.63, 3.8) is 0 Å². The van der Waals surface area contributed by atoms with E-state index in [1.54, 1.807) is 18.2 Å². The van der Waals surface area contributed by atoms with Crippen LogP contribution >= 0.6 is 15.9 Å². The Morgan fingerprint density at radius 2 is 1.95 bits per heavy atom. The molecule has 0 spiro atoms. The molecule has 7 heteroatoms. The normalized spacial score (nSPS) is 14.2. The molecule has 0 unspecified atom stereocenters. The third-order valence-electron chi connectivity index (χ3n) is 3.23. The van der Waals surface area contributed by atoms with Gasteiger partial charge < -0.3 is 9.64 Å². The number of hydrogen-bond donors (Lipinski definition) is 0. The largest absolute Gasteiger partial charge is 0.494 e. The maximum absolute atomic E-state index is 12.4. The van der Waals surface area contributed by atoms with E-state index in [0.717, 1.165) is 28.6 Å². The monoisotopic (exact) mass is 365 g/mol. The van der Waals surface area contributed by atoms with E-state index in [1.807, 2.05) is 0 Å². The molecule has 116 valence electrons. The fraction of sp³-hybridized carbons (Fsp3) is 0.500. The number of amides is 1. The molecule has 0 saturated heterocycles. The zero-order valence-electron chi connectivity index (χ0n) is 11.3. The lowest BCUT2D eigenvalue weighted by Gasteiger charge is -2.16. The number of halogens is 4. The zero-order valence-corrected chi connectivity index (χ0v) is 12.8. The Hall–Kier alpha value is -1.24. The van der Waals surface area contributed by atoms with Crippen molar-refractivity contribution in [2.75, 3.05) is 11.9 Å². The van der Waals surface area contributed by atoms with Crippen LogP contribution < -0.4 is 4.74 Å². The lowest BCUT2D eigenvalue weighted by molar-refractivity contribution is -0.186. The number of rotatable bonds is 5. The molecule has 1 amide bonds. The quantitative estimate of drug-likeness (QED) is 0.588. The van der Waals surface area contributed by atoms with Crippen molar-refractivity contribution in [1.82, 2.24) is 4.90 Å². The van der Waals surface area contributed by atoms with E-state index in [1.165, 1.54) is 0 Å². The summed E-state index contributed by atoms with van der Waals surface area (Å²) >= 11 is 3.33. The first kappa shape index (κ1) is 16.1. The first-order valence-corrected chi connectivity index (χ1v) is 7.70. The van der Waals surface area contributed by atoms with Crippen LogP contribution in [0.25, 0.3) is 0 Å². The number of benzene rings is 1. The lowest BCUT2D eigenvalue weighted by Crippen LogP contribution is -2.37. The highest BCUT2D eigenvalue weighted by Crippen LogP contribution is 2.30. The van der Waals surface area contributed by atoms with Crippen molar-refractivity contribution in [2.24, 2.45) is 0 Å². The van der Waals surface area contributed by atoms with Gasteiger partial charge in [-0.25, -0.2) is 0 Å². The van der Waals surface area contributed by atoms with Gasteiger partial charge in [0.05, 0.1) is 6.61 Å². The van der Waals surface area contributed by atoms with E-state index in [0.29, 0.717) is 17.9 Å². The summed E-state index contributed by atoms with van der Waals surface area (Å²) in [4.78, 5) is 12.0. The number of alkyl halides is 4. The Kier molecular flexibility index (Phi) is 5.13. The molecule has 1 aliphatic rings.